The van der Waals surface area contributed by atoms with Crippen molar-refractivity contribution >= 4 is 21.7 Å². The molecule has 0 atom stereocenters. The summed E-state index contributed by atoms with van der Waals surface area (Å²) in [6.45, 7) is -2.30. The second-order valence-electron chi connectivity index (χ2n) is 3.24. The van der Waals surface area contributed by atoms with Gasteiger partial charge >= 0.3 is 12.8 Å². The maximum Gasteiger partial charge on any atom is 0.417 e. The first-order valence-corrected chi connectivity index (χ1v) is 5.29. The minimum atomic E-state index is -4.74. The van der Waals surface area contributed by atoms with E-state index < -0.39 is 34.4 Å². The van der Waals surface area contributed by atoms with Gasteiger partial charge in [-0.3, -0.25) is 4.79 Å². The summed E-state index contributed by atoms with van der Waals surface area (Å²) in [6, 6.07) is 1.42. The van der Waals surface area contributed by atoms with Gasteiger partial charge in [0.2, 0.25) is 0 Å². The molecule has 0 aliphatic carbocycles. The van der Waals surface area contributed by atoms with E-state index in [1.807, 2.05) is 0 Å². The lowest BCUT2D eigenvalue weighted by Crippen LogP contribution is -2.12. The molecule has 0 saturated heterocycles. The van der Waals surface area contributed by atoms with Gasteiger partial charge in [0.15, 0.2) is 11.5 Å². The smallest absolute Gasteiger partial charge is 0.417 e. The van der Waals surface area contributed by atoms with Crippen molar-refractivity contribution < 1.29 is 31.5 Å². The lowest BCUT2D eigenvalue weighted by molar-refractivity contribution is -0.138. The second kappa shape index (κ2) is 5.21. The van der Waals surface area contributed by atoms with Crippen molar-refractivity contribution in [3.05, 3.63) is 27.7 Å². The van der Waals surface area contributed by atoms with Crippen LogP contribution in [0.4, 0.5) is 22.0 Å². The summed E-state index contributed by atoms with van der Waals surface area (Å²) in [7, 11) is 0. The molecule has 8 heteroatoms. The van der Waals surface area contributed by atoms with E-state index in [1.54, 1.807) is 0 Å². The van der Waals surface area contributed by atoms with E-state index in [1.165, 1.54) is 0 Å². The van der Waals surface area contributed by atoms with E-state index in [4.69, 9.17) is 0 Å². The van der Waals surface area contributed by atoms with Crippen molar-refractivity contribution in [2.24, 2.45) is 0 Å². The van der Waals surface area contributed by atoms with Crippen LogP contribution in [0.3, 0.4) is 0 Å². The molecule has 0 bridgehead atoms. The fourth-order valence-corrected chi connectivity index (χ4v) is 1.92. The summed E-state index contributed by atoms with van der Waals surface area (Å²) in [4.78, 5) is 11.1. The standard InChI is InChI=1S/C10H6BrF5O2/c1-4(17)5-2-3-6(10(14,15)16)7(11)8(5)18-9(12)13/h2-3,9H,1H3. The van der Waals surface area contributed by atoms with Crippen LogP contribution in [0.15, 0.2) is 16.6 Å². The number of rotatable bonds is 3. The number of alkyl halides is 5. The number of hydrogen-bond acceptors (Lipinski definition) is 2. The van der Waals surface area contributed by atoms with E-state index >= 15 is 0 Å². The average molecular weight is 333 g/mol. The van der Waals surface area contributed by atoms with Crippen molar-refractivity contribution in [2.75, 3.05) is 0 Å². The fourth-order valence-electron chi connectivity index (χ4n) is 1.26. The Morgan fingerprint density at radius 2 is 1.89 bits per heavy atom. The van der Waals surface area contributed by atoms with Crippen LogP contribution in [0.1, 0.15) is 22.8 Å². The highest BCUT2D eigenvalue weighted by Crippen LogP contribution is 2.41. The number of ether oxygens (including phenoxy) is 1. The van der Waals surface area contributed by atoms with Crippen LogP contribution in [0.25, 0.3) is 0 Å². The SMILES string of the molecule is CC(=O)c1ccc(C(F)(F)F)c(Br)c1OC(F)F. The zero-order valence-corrected chi connectivity index (χ0v) is 10.4. The summed E-state index contributed by atoms with van der Waals surface area (Å²) in [5.41, 5.74) is -1.54. The Labute approximate surface area is 107 Å². The lowest BCUT2D eigenvalue weighted by Gasteiger charge is -2.15. The maximum atomic E-state index is 12.5. The minimum Gasteiger partial charge on any atom is -0.433 e. The Kier molecular flexibility index (Phi) is 4.31. The zero-order chi connectivity index (χ0) is 14.1. The van der Waals surface area contributed by atoms with E-state index in [9.17, 15) is 26.7 Å². The summed E-state index contributed by atoms with van der Waals surface area (Å²) >= 11 is 2.53. The molecule has 0 amide bonds. The van der Waals surface area contributed by atoms with Gasteiger partial charge in [0.1, 0.15) is 0 Å². The number of ketones is 1. The fraction of sp³-hybridized carbons (Fsp3) is 0.300. The number of Topliss-reactive ketones (excluding diaryl/α,β-unsaturated/α-hetero) is 1. The van der Waals surface area contributed by atoms with Crippen LogP contribution in [0, 0.1) is 0 Å². The lowest BCUT2D eigenvalue weighted by atomic mass is 10.1. The molecule has 2 nitrogen and oxygen atoms in total. The first kappa shape index (κ1) is 14.9. The Balaban J connectivity index is 3.45. The topological polar surface area (TPSA) is 26.3 Å². The molecule has 100 valence electrons. The van der Waals surface area contributed by atoms with Crippen LogP contribution in [-0.2, 0) is 6.18 Å². The Morgan fingerprint density at radius 3 is 2.28 bits per heavy atom. The highest BCUT2D eigenvalue weighted by atomic mass is 79.9. The summed E-state index contributed by atoms with van der Waals surface area (Å²) < 4.78 is 65.1. The summed E-state index contributed by atoms with van der Waals surface area (Å²) in [5.74, 6) is -1.49. The van der Waals surface area contributed by atoms with Crippen LogP contribution >= 0.6 is 15.9 Å². The van der Waals surface area contributed by atoms with Gasteiger partial charge in [0.05, 0.1) is 15.6 Å². The quantitative estimate of drug-likeness (QED) is 0.610. The number of carbonyl (C=O) groups excluding carboxylic acids is 1. The monoisotopic (exact) mass is 332 g/mol. The van der Waals surface area contributed by atoms with Gasteiger partial charge < -0.3 is 4.74 Å². The van der Waals surface area contributed by atoms with Gasteiger partial charge in [-0.1, -0.05) is 0 Å². The Bertz CT molecular complexity index is 470. The molecule has 0 saturated carbocycles. The van der Waals surface area contributed by atoms with Crippen molar-refractivity contribution in [3.63, 3.8) is 0 Å². The molecule has 0 heterocycles. The van der Waals surface area contributed by atoms with Crippen molar-refractivity contribution in [2.45, 2.75) is 19.7 Å². The van der Waals surface area contributed by atoms with E-state index in [-0.39, 0.29) is 5.56 Å². The second-order valence-corrected chi connectivity index (χ2v) is 4.03. The molecule has 0 fully saturated rings. The molecule has 0 aliphatic rings. The first-order chi connectivity index (χ1) is 8.14. The highest BCUT2D eigenvalue weighted by molar-refractivity contribution is 9.10. The van der Waals surface area contributed by atoms with Gasteiger partial charge in [-0.15, -0.1) is 0 Å². The molecule has 0 unspecified atom stereocenters. The molecule has 1 aromatic carbocycles. The molecule has 0 radical (unpaired) electrons. The van der Waals surface area contributed by atoms with E-state index in [2.05, 4.69) is 20.7 Å². The molecular weight excluding hydrogens is 327 g/mol. The molecule has 0 aromatic heterocycles. The average Bonchev–Trinajstić information content (AvgIpc) is 2.17. The molecule has 1 aromatic rings. The number of hydrogen-bond donors (Lipinski definition) is 0. The molecule has 0 spiro atoms. The summed E-state index contributed by atoms with van der Waals surface area (Å²) in [6.07, 6.45) is -4.74. The maximum absolute atomic E-state index is 12.5. The van der Waals surface area contributed by atoms with Crippen LogP contribution in [0.5, 0.6) is 5.75 Å². The molecular formula is C10H6BrF5O2. The van der Waals surface area contributed by atoms with Gasteiger partial charge in [-0.2, -0.15) is 22.0 Å². The Morgan fingerprint density at radius 1 is 1.33 bits per heavy atom. The number of carbonyl (C=O) groups is 1. The zero-order valence-electron chi connectivity index (χ0n) is 8.82. The van der Waals surface area contributed by atoms with E-state index in [0.717, 1.165) is 13.0 Å². The van der Waals surface area contributed by atoms with Crippen molar-refractivity contribution in [3.8, 4) is 5.75 Å². The van der Waals surface area contributed by atoms with Crippen LogP contribution in [-0.4, -0.2) is 12.4 Å². The first-order valence-electron chi connectivity index (χ1n) is 4.50. The highest BCUT2D eigenvalue weighted by Gasteiger charge is 2.35. The van der Waals surface area contributed by atoms with Crippen LogP contribution in [0.2, 0.25) is 0 Å². The van der Waals surface area contributed by atoms with Crippen LogP contribution < -0.4 is 4.74 Å². The normalized spacial score (nSPS) is 11.8. The largest absolute Gasteiger partial charge is 0.433 e. The van der Waals surface area contributed by atoms with Gasteiger partial charge in [0.25, 0.3) is 0 Å². The minimum absolute atomic E-state index is 0.352. The Hall–Kier alpha value is -1.18. The van der Waals surface area contributed by atoms with Crippen molar-refractivity contribution in [1.82, 2.24) is 0 Å². The third kappa shape index (κ3) is 3.18. The molecule has 1 rings (SSSR count). The van der Waals surface area contributed by atoms with Crippen molar-refractivity contribution in [1.29, 1.82) is 0 Å². The van der Waals surface area contributed by atoms with E-state index in [0.29, 0.717) is 6.07 Å². The summed E-state index contributed by atoms with van der Waals surface area (Å²) in [5, 5.41) is 0. The third-order valence-corrected chi connectivity index (χ3v) is 2.78. The van der Waals surface area contributed by atoms with Gasteiger partial charge in [-0.25, -0.2) is 0 Å². The van der Waals surface area contributed by atoms with Gasteiger partial charge in [0, 0.05) is 0 Å². The number of halogens is 6. The molecule has 18 heavy (non-hydrogen) atoms. The molecule has 0 N–H and O–H groups in total. The third-order valence-electron chi connectivity index (χ3n) is 1.99. The number of benzene rings is 1. The molecule has 0 aliphatic heterocycles. The van der Waals surface area contributed by atoms with Gasteiger partial charge in [-0.05, 0) is 35.0 Å². The predicted molar refractivity (Wildman–Crippen MR) is 55.8 cm³/mol. The predicted octanol–water partition coefficient (Wildman–Crippen LogP) is 4.27.